The minimum Gasteiger partial charge on any atom is -0.464 e. The topological polar surface area (TPSA) is 81.7 Å². The van der Waals surface area contributed by atoms with Crippen LogP contribution in [-0.2, 0) is 23.9 Å². The number of ether oxygens (including phenoxy) is 2. The minimum absolute atomic E-state index is 0.136. The van der Waals surface area contributed by atoms with Gasteiger partial charge in [-0.05, 0) is 13.8 Å². The van der Waals surface area contributed by atoms with Crippen molar-refractivity contribution < 1.29 is 23.9 Å². The molecule has 0 saturated heterocycles. The minimum atomic E-state index is -1.37. The van der Waals surface area contributed by atoms with Gasteiger partial charge in [-0.2, -0.15) is 0 Å². The molecule has 16 heavy (non-hydrogen) atoms. The van der Waals surface area contributed by atoms with Gasteiger partial charge in [-0.25, -0.2) is 9.59 Å². The average Bonchev–Trinajstić information content (AvgIpc) is 2.25. The molecule has 0 rings (SSSR count). The van der Waals surface area contributed by atoms with E-state index in [1.54, 1.807) is 20.8 Å². The van der Waals surface area contributed by atoms with Crippen LogP contribution in [0.1, 0.15) is 27.2 Å². The van der Waals surface area contributed by atoms with Crippen molar-refractivity contribution in [3.8, 4) is 0 Å². The molecule has 92 valence electrons. The lowest BCUT2D eigenvalue weighted by Crippen LogP contribution is -2.48. The lowest BCUT2D eigenvalue weighted by molar-refractivity contribution is -0.159. The number of esters is 2. The summed E-state index contributed by atoms with van der Waals surface area (Å²) in [5, 5.41) is 2.25. The zero-order valence-corrected chi connectivity index (χ0v) is 9.74. The van der Waals surface area contributed by atoms with Gasteiger partial charge in [0.25, 0.3) is 0 Å². The van der Waals surface area contributed by atoms with Crippen molar-refractivity contribution in [1.29, 1.82) is 0 Å². The monoisotopic (exact) mass is 231 g/mol. The summed E-state index contributed by atoms with van der Waals surface area (Å²) in [6.45, 7) is 5.11. The Balaban J connectivity index is 4.55. The van der Waals surface area contributed by atoms with Crippen molar-refractivity contribution in [3.05, 3.63) is 0 Å². The van der Waals surface area contributed by atoms with Crippen LogP contribution in [0.15, 0.2) is 0 Å². The zero-order chi connectivity index (χ0) is 12.6. The number of carbonyl (C=O) groups is 3. The van der Waals surface area contributed by atoms with Crippen molar-refractivity contribution in [2.75, 3.05) is 13.2 Å². The van der Waals surface area contributed by atoms with Gasteiger partial charge in [-0.15, -0.1) is 0 Å². The number of hydrogen-bond acceptors (Lipinski definition) is 5. The molecule has 0 aromatic heterocycles. The molecular formula is C10H17NO5. The lowest BCUT2D eigenvalue weighted by Gasteiger charge is -2.15. The van der Waals surface area contributed by atoms with Crippen LogP contribution in [0, 0.1) is 0 Å². The van der Waals surface area contributed by atoms with E-state index in [0.29, 0.717) is 0 Å². The summed E-state index contributed by atoms with van der Waals surface area (Å²) in [7, 11) is 0. The Morgan fingerprint density at radius 3 is 1.75 bits per heavy atom. The van der Waals surface area contributed by atoms with Crippen molar-refractivity contribution >= 4 is 17.8 Å². The number of carbonyl (C=O) groups excluding carboxylic acids is 3. The van der Waals surface area contributed by atoms with Gasteiger partial charge in [0.1, 0.15) is 0 Å². The molecule has 0 spiro atoms. The largest absolute Gasteiger partial charge is 0.464 e. The van der Waals surface area contributed by atoms with E-state index in [4.69, 9.17) is 0 Å². The summed E-state index contributed by atoms with van der Waals surface area (Å²) in [5.41, 5.74) is 0. The fourth-order valence-corrected chi connectivity index (χ4v) is 0.928. The molecule has 0 fully saturated rings. The molecule has 0 aliphatic rings. The third-order valence-electron chi connectivity index (χ3n) is 1.67. The zero-order valence-electron chi connectivity index (χ0n) is 9.74. The lowest BCUT2D eigenvalue weighted by atomic mass is 10.3. The van der Waals surface area contributed by atoms with Crippen LogP contribution >= 0.6 is 0 Å². The van der Waals surface area contributed by atoms with Crippen molar-refractivity contribution in [1.82, 2.24) is 5.32 Å². The van der Waals surface area contributed by atoms with Crippen LogP contribution in [0.3, 0.4) is 0 Å². The van der Waals surface area contributed by atoms with Gasteiger partial charge in [0.2, 0.25) is 11.9 Å². The predicted molar refractivity (Wildman–Crippen MR) is 55.5 cm³/mol. The van der Waals surface area contributed by atoms with Crippen LogP contribution in [0.25, 0.3) is 0 Å². The van der Waals surface area contributed by atoms with Crippen molar-refractivity contribution in [2.24, 2.45) is 0 Å². The predicted octanol–water partition coefficient (Wildman–Crippen LogP) is 0.00740. The Kier molecular flexibility index (Phi) is 6.91. The SMILES string of the molecule is CCOC(=O)C(NC(=O)CC)C(=O)OCC. The van der Waals surface area contributed by atoms with E-state index in [1.165, 1.54) is 0 Å². The number of rotatable bonds is 6. The molecule has 0 aliphatic heterocycles. The van der Waals surface area contributed by atoms with Gasteiger partial charge >= 0.3 is 11.9 Å². The maximum Gasteiger partial charge on any atom is 0.340 e. The van der Waals surface area contributed by atoms with E-state index >= 15 is 0 Å². The molecule has 1 amide bonds. The highest BCUT2D eigenvalue weighted by Gasteiger charge is 2.30. The average molecular weight is 231 g/mol. The number of amides is 1. The first kappa shape index (κ1) is 14.4. The molecule has 0 radical (unpaired) electrons. The van der Waals surface area contributed by atoms with Crippen LogP contribution in [0.4, 0.5) is 0 Å². The van der Waals surface area contributed by atoms with Gasteiger partial charge in [0.05, 0.1) is 13.2 Å². The van der Waals surface area contributed by atoms with Crippen LogP contribution in [-0.4, -0.2) is 37.1 Å². The normalized spacial score (nSPS) is 9.75. The van der Waals surface area contributed by atoms with E-state index in [-0.39, 0.29) is 19.6 Å². The third-order valence-corrected chi connectivity index (χ3v) is 1.67. The van der Waals surface area contributed by atoms with E-state index in [0.717, 1.165) is 0 Å². The van der Waals surface area contributed by atoms with Gasteiger partial charge < -0.3 is 14.8 Å². The molecule has 0 aromatic carbocycles. The number of hydrogen-bond donors (Lipinski definition) is 1. The molecule has 0 aromatic rings. The molecule has 0 heterocycles. The highest BCUT2D eigenvalue weighted by atomic mass is 16.6. The summed E-state index contributed by atoms with van der Waals surface area (Å²) < 4.78 is 9.32. The summed E-state index contributed by atoms with van der Waals surface area (Å²) >= 11 is 0. The fraction of sp³-hybridized carbons (Fsp3) is 0.700. The smallest absolute Gasteiger partial charge is 0.340 e. The maximum atomic E-state index is 11.4. The van der Waals surface area contributed by atoms with Crippen molar-refractivity contribution in [2.45, 2.75) is 33.2 Å². The molecular weight excluding hydrogens is 214 g/mol. The van der Waals surface area contributed by atoms with Crippen LogP contribution in [0.5, 0.6) is 0 Å². The summed E-state index contributed by atoms with van der Waals surface area (Å²) in [6, 6.07) is -1.37. The first-order chi connectivity index (χ1) is 7.56. The highest BCUT2D eigenvalue weighted by molar-refractivity contribution is 6.02. The maximum absolute atomic E-state index is 11.4. The van der Waals surface area contributed by atoms with E-state index in [1.807, 2.05) is 0 Å². The quantitative estimate of drug-likeness (QED) is 0.514. The van der Waals surface area contributed by atoms with E-state index < -0.39 is 23.9 Å². The fourth-order valence-electron chi connectivity index (χ4n) is 0.928. The summed E-state index contributed by atoms with van der Waals surface area (Å²) in [6.07, 6.45) is 0.176. The highest BCUT2D eigenvalue weighted by Crippen LogP contribution is 1.95. The first-order valence-corrected chi connectivity index (χ1v) is 5.19. The van der Waals surface area contributed by atoms with Gasteiger partial charge in [0.15, 0.2) is 0 Å². The Hall–Kier alpha value is -1.59. The number of nitrogens with one attached hydrogen (secondary N) is 1. The Morgan fingerprint density at radius 2 is 1.44 bits per heavy atom. The van der Waals surface area contributed by atoms with Crippen molar-refractivity contribution in [3.63, 3.8) is 0 Å². The molecule has 0 aliphatic carbocycles. The molecule has 0 atom stereocenters. The summed E-state index contributed by atoms with van der Waals surface area (Å²) in [5.74, 6) is -2.02. The van der Waals surface area contributed by atoms with E-state index in [9.17, 15) is 14.4 Å². The molecule has 6 nitrogen and oxygen atoms in total. The second-order valence-corrected chi connectivity index (χ2v) is 2.86. The molecule has 6 heteroatoms. The first-order valence-electron chi connectivity index (χ1n) is 5.19. The molecule has 0 unspecified atom stereocenters. The van der Waals surface area contributed by atoms with Gasteiger partial charge in [-0.3, -0.25) is 4.79 Å². The Bertz CT molecular complexity index is 246. The standard InChI is InChI=1S/C10H17NO5/c1-4-7(12)11-8(9(13)15-5-2)10(14)16-6-3/h8H,4-6H2,1-3H3,(H,11,12). The molecule has 0 bridgehead atoms. The van der Waals surface area contributed by atoms with Gasteiger partial charge in [0, 0.05) is 6.42 Å². The van der Waals surface area contributed by atoms with Crippen LogP contribution < -0.4 is 5.32 Å². The third kappa shape index (κ3) is 4.77. The Morgan fingerprint density at radius 1 is 1.00 bits per heavy atom. The van der Waals surface area contributed by atoms with Crippen LogP contribution in [0.2, 0.25) is 0 Å². The van der Waals surface area contributed by atoms with Gasteiger partial charge in [-0.1, -0.05) is 6.92 Å². The second kappa shape index (κ2) is 7.67. The molecule has 1 N–H and O–H groups in total. The molecule has 0 saturated carbocycles. The second-order valence-electron chi connectivity index (χ2n) is 2.86. The summed E-state index contributed by atoms with van der Waals surface area (Å²) in [4.78, 5) is 33.9. The van der Waals surface area contributed by atoms with E-state index in [2.05, 4.69) is 14.8 Å². The Labute approximate surface area is 94.3 Å².